The van der Waals surface area contributed by atoms with E-state index in [-0.39, 0.29) is 0 Å². The molecule has 3 heteroatoms. The second kappa shape index (κ2) is 7.44. The van der Waals surface area contributed by atoms with Crippen LogP contribution in [0.1, 0.15) is 24.8 Å². The van der Waals surface area contributed by atoms with Gasteiger partial charge in [-0.3, -0.25) is 0 Å². The van der Waals surface area contributed by atoms with Crippen LogP contribution in [0.4, 0.5) is 11.4 Å². The average Bonchev–Trinajstić information content (AvgIpc) is 2.26. The van der Waals surface area contributed by atoms with Crippen LogP contribution >= 0.6 is 11.8 Å². The van der Waals surface area contributed by atoms with Crippen molar-refractivity contribution in [2.75, 3.05) is 29.6 Å². The Balaban J connectivity index is 2.26. The number of benzene rings is 1. The monoisotopic (exact) mass is 238 g/mol. The summed E-state index contributed by atoms with van der Waals surface area (Å²) in [5.41, 5.74) is 9.10. The number of nitrogen functional groups attached to an aromatic ring is 1. The number of nitrogens with two attached hydrogens (primary N) is 1. The van der Waals surface area contributed by atoms with Crippen molar-refractivity contribution in [3.05, 3.63) is 23.8 Å². The number of para-hydroxylation sites is 1. The molecule has 1 aromatic rings. The molecule has 1 aromatic carbocycles. The van der Waals surface area contributed by atoms with Gasteiger partial charge in [-0.25, -0.2) is 0 Å². The number of rotatable bonds is 7. The molecule has 0 amide bonds. The smallest absolute Gasteiger partial charge is 0.0603 e. The largest absolute Gasteiger partial charge is 0.397 e. The van der Waals surface area contributed by atoms with Crippen LogP contribution in [0, 0.1) is 6.92 Å². The van der Waals surface area contributed by atoms with Crippen LogP contribution in [0.5, 0.6) is 0 Å². The molecule has 0 aliphatic rings. The molecule has 16 heavy (non-hydrogen) atoms. The van der Waals surface area contributed by atoms with Crippen molar-refractivity contribution in [1.82, 2.24) is 0 Å². The van der Waals surface area contributed by atoms with Crippen molar-refractivity contribution in [3.8, 4) is 0 Å². The predicted molar refractivity (Wildman–Crippen MR) is 76.3 cm³/mol. The molecule has 2 nitrogen and oxygen atoms in total. The molecule has 0 saturated heterocycles. The lowest BCUT2D eigenvalue weighted by atomic mass is 10.1. The molecule has 0 unspecified atom stereocenters. The Morgan fingerprint density at radius 1 is 1.25 bits per heavy atom. The summed E-state index contributed by atoms with van der Waals surface area (Å²) >= 11 is 1.92. The maximum atomic E-state index is 5.92. The van der Waals surface area contributed by atoms with Crippen molar-refractivity contribution in [2.45, 2.75) is 26.2 Å². The number of unbranched alkanes of at least 4 members (excludes halogenated alkanes) is 2. The molecule has 0 heterocycles. The summed E-state index contributed by atoms with van der Waals surface area (Å²) in [6.07, 6.45) is 5.98. The molecule has 0 aliphatic heterocycles. The predicted octanol–water partition coefficient (Wildman–Crippen LogP) is 3.52. The van der Waals surface area contributed by atoms with E-state index in [9.17, 15) is 0 Å². The van der Waals surface area contributed by atoms with Crippen LogP contribution in [0.3, 0.4) is 0 Å². The van der Waals surface area contributed by atoms with Crippen LogP contribution in [0.2, 0.25) is 0 Å². The highest BCUT2D eigenvalue weighted by Crippen LogP contribution is 2.22. The lowest BCUT2D eigenvalue weighted by Crippen LogP contribution is -2.05. The first kappa shape index (κ1) is 13.2. The minimum Gasteiger partial charge on any atom is -0.397 e. The third-order valence-electron chi connectivity index (χ3n) is 2.63. The lowest BCUT2D eigenvalue weighted by molar-refractivity contribution is 0.749. The highest BCUT2D eigenvalue weighted by molar-refractivity contribution is 7.98. The average molecular weight is 238 g/mol. The normalized spacial score (nSPS) is 10.4. The fraction of sp³-hybridized carbons (Fsp3) is 0.538. The number of aryl methyl sites for hydroxylation is 1. The van der Waals surface area contributed by atoms with Crippen LogP contribution in [0.25, 0.3) is 0 Å². The molecule has 0 fully saturated rings. The standard InChI is InChI=1S/C13H22N2S/c1-11-7-6-8-12(14)13(11)15-9-4-3-5-10-16-2/h6-8,15H,3-5,9-10,14H2,1-2H3. The van der Waals surface area contributed by atoms with Gasteiger partial charge in [0.15, 0.2) is 0 Å². The zero-order chi connectivity index (χ0) is 11.8. The third kappa shape index (κ3) is 4.35. The topological polar surface area (TPSA) is 38.0 Å². The first-order chi connectivity index (χ1) is 7.75. The van der Waals surface area contributed by atoms with Gasteiger partial charge in [0.2, 0.25) is 0 Å². The SMILES string of the molecule is CSCCCCCNc1c(C)cccc1N. The fourth-order valence-electron chi connectivity index (χ4n) is 1.69. The highest BCUT2D eigenvalue weighted by Gasteiger charge is 2.00. The van der Waals surface area contributed by atoms with E-state index < -0.39 is 0 Å². The molecule has 0 aliphatic carbocycles. The van der Waals surface area contributed by atoms with Gasteiger partial charge in [0.25, 0.3) is 0 Å². The Labute approximate surface area is 103 Å². The van der Waals surface area contributed by atoms with Gasteiger partial charge in [0.05, 0.1) is 11.4 Å². The van der Waals surface area contributed by atoms with Gasteiger partial charge in [-0.05, 0) is 43.4 Å². The highest BCUT2D eigenvalue weighted by atomic mass is 32.2. The Hall–Kier alpha value is -0.830. The zero-order valence-electron chi connectivity index (χ0n) is 10.3. The van der Waals surface area contributed by atoms with Gasteiger partial charge < -0.3 is 11.1 Å². The minimum absolute atomic E-state index is 0.851. The fourth-order valence-corrected chi connectivity index (χ4v) is 2.19. The minimum atomic E-state index is 0.851. The van der Waals surface area contributed by atoms with E-state index in [4.69, 9.17) is 5.73 Å². The second-order valence-electron chi connectivity index (χ2n) is 4.02. The Morgan fingerprint density at radius 3 is 2.75 bits per heavy atom. The molecule has 1 rings (SSSR count). The van der Waals surface area contributed by atoms with Crippen molar-refractivity contribution in [2.24, 2.45) is 0 Å². The summed E-state index contributed by atoms with van der Waals surface area (Å²) in [5, 5.41) is 3.43. The van der Waals surface area contributed by atoms with E-state index in [0.29, 0.717) is 0 Å². The summed E-state index contributed by atoms with van der Waals surface area (Å²) in [5.74, 6) is 1.27. The molecule has 0 aromatic heterocycles. The third-order valence-corrected chi connectivity index (χ3v) is 3.33. The van der Waals surface area contributed by atoms with Gasteiger partial charge in [-0.1, -0.05) is 18.6 Å². The van der Waals surface area contributed by atoms with Crippen molar-refractivity contribution in [3.63, 3.8) is 0 Å². The first-order valence-electron chi connectivity index (χ1n) is 5.83. The maximum Gasteiger partial charge on any atom is 0.0603 e. The van der Waals surface area contributed by atoms with E-state index in [0.717, 1.165) is 17.9 Å². The van der Waals surface area contributed by atoms with Crippen molar-refractivity contribution >= 4 is 23.1 Å². The van der Waals surface area contributed by atoms with Crippen molar-refractivity contribution < 1.29 is 0 Å². The van der Waals surface area contributed by atoms with E-state index in [1.165, 1.54) is 30.6 Å². The van der Waals surface area contributed by atoms with Crippen LogP contribution in [-0.4, -0.2) is 18.6 Å². The molecular weight excluding hydrogens is 216 g/mol. The number of anilines is 2. The Kier molecular flexibility index (Phi) is 6.16. The molecule has 3 N–H and O–H groups in total. The van der Waals surface area contributed by atoms with Gasteiger partial charge in [-0.2, -0.15) is 11.8 Å². The van der Waals surface area contributed by atoms with Gasteiger partial charge >= 0.3 is 0 Å². The number of hydrogen-bond donors (Lipinski definition) is 2. The van der Waals surface area contributed by atoms with E-state index in [1.807, 2.05) is 23.9 Å². The summed E-state index contributed by atoms with van der Waals surface area (Å²) in [7, 11) is 0. The Morgan fingerprint density at radius 2 is 2.06 bits per heavy atom. The Bertz CT molecular complexity index is 293. The summed E-state index contributed by atoms with van der Waals surface area (Å²) in [6.45, 7) is 3.11. The molecule has 0 spiro atoms. The van der Waals surface area contributed by atoms with E-state index in [2.05, 4.69) is 24.6 Å². The van der Waals surface area contributed by atoms with Gasteiger partial charge in [0, 0.05) is 6.54 Å². The van der Waals surface area contributed by atoms with E-state index >= 15 is 0 Å². The summed E-state index contributed by atoms with van der Waals surface area (Å²) in [4.78, 5) is 0. The van der Waals surface area contributed by atoms with Crippen LogP contribution in [-0.2, 0) is 0 Å². The van der Waals surface area contributed by atoms with Gasteiger partial charge in [-0.15, -0.1) is 0 Å². The van der Waals surface area contributed by atoms with Crippen LogP contribution < -0.4 is 11.1 Å². The second-order valence-corrected chi connectivity index (χ2v) is 5.00. The molecule has 0 saturated carbocycles. The molecule has 0 radical (unpaired) electrons. The maximum absolute atomic E-state index is 5.92. The molecule has 90 valence electrons. The number of hydrogen-bond acceptors (Lipinski definition) is 3. The quantitative estimate of drug-likeness (QED) is 0.564. The summed E-state index contributed by atoms with van der Waals surface area (Å²) < 4.78 is 0. The summed E-state index contributed by atoms with van der Waals surface area (Å²) in [6, 6.07) is 6.03. The molecule has 0 bridgehead atoms. The molecular formula is C13H22N2S. The van der Waals surface area contributed by atoms with E-state index in [1.54, 1.807) is 0 Å². The lowest BCUT2D eigenvalue weighted by Gasteiger charge is -2.11. The number of nitrogens with one attached hydrogen (secondary N) is 1. The first-order valence-corrected chi connectivity index (χ1v) is 7.23. The number of thioether (sulfide) groups is 1. The molecule has 0 atom stereocenters. The zero-order valence-corrected chi connectivity index (χ0v) is 11.1. The van der Waals surface area contributed by atoms with Gasteiger partial charge in [0.1, 0.15) is 0 Å². The van der Waals surface area contributed by atoms with Crippen LogP contribution in [0.15, 0.2) is 18.2 Å². The van der Waals surface area contributed by atoms with Crippen molar-refractivity contribution in [1.29, 1.82) is 0 Å².